The van der Waals surface area contributed by atoms with Gasteiger partial charge in [-0.3, -0.25) is 9.59 Å². The molecule has 0 aliphatic carbocycles. The zero-order valence-electron chi connectivity index (χ0n) is 21.3. The first-order valence-electron chi connectivity index (χ1n) is 13.0. The Balaban J connectivity index is 1.27. The van der Waals surface area contributed by atoms with E-state index in [0.29, 0.717) is 42.7 Å². The van der Waals surface area contributed by atoms with Gasteiger partial charge in [0, 0.05) is 32.8 Å². The molecule has 1 aliphatic heterocycles. The van der Waals surface area contributed by atoms with Crippen LogP contribution in [0.15, 0.2) is 59.0 Å². The third-order valence-corrected chi connectivity index (χ3v) is 8.55. The van der Waals surface area contributed by atoms with Crippen molar-refractivity contribution in [2.45, 2.75) is 55.6 Å². The number of hydrogen-bond donors (Lipinski definition) is 1. The molecule has 1 atom stereocenters. The number of nitrogens with one attached hydrogen (secondary N) is 1. The number of nitrogens with zero attached hydrogens (tertiary/aromatic N) is 1. The monoisotopic (exact) mass is 542 g/mol. The van der Waals surface area contributed by atoms with Gasteiger partial charge in [0.25, 0.3) is 5.89 Å². The molecular weight excluding hydrogens is 508 g/mol. The van der Waals surface area contributed by atoms with E-state index in [-0.39, 0.29) is 49.5 Å². The first-order valence-corrected chi connectivity index (χ1v) is 14.8. The molecule has 1 amide bonds. The number of hydrogen-bond acceptors (Lipinski definition) is 8. The molecule has 3 aromatic rings. The number of sulfone groups is 1. The third-order valence-electron chi connectivity index (χ3n) is 6.50. The van der Waals surface area contributed by atoms with Gasteiger partial charge in [-0.15, -0.1) is 0 Å². The fourth-order valence-corrected chi connectivity index (χ4v) is 6.12. The quantitative estimate of drug-likeness (QED) is 0.240. The molecule has 1 aromatic heterocycles. The predicted molar refractivity (Wildman–Crippen MR) is 142 cm³/mol. The van der Waals surface area contributed by atoms with Crippen molar-refractivity contribution in [3.8, 4) is 0 Å². The van der Waals surface area contributed by atoms with Crippen molar-refractivity contribution in [3.63, 3.8) is 0 Å². The number of aromatic nitrogens is 1. The molecule has 2 aromatic carbocycles. The lowest BCUT2D eigenvalue weighted by Crippen LogP contribution is -2.42. The molecule has 1 N–H and O–H groups in total. The van der Waals surface area contributed by atoms with Crippen molar-refractivity contribution in [2.75, 3.05) is 26.4 Å². The number of para-hydroxylation sites is 2. The van der Waals surface area contributed by atoms with Crippen molar-refractivity contribution in [1.29, 1.82) is 0 Å². The van der Waals surface area contributed by atoms with Gasteiger partial charge in [0.15, 0.2) is 15.4 Å². The zero-order valence-corrected chi connectivity index (χ0v) is 22.2. The number of ether oxygens (including phenoxy) is 2. The maximum atomic E-state index is 13.2. The molecule has 9 nitrogen and oxygen atoms in total. The van der Waals surface area contributed by atoms with E-state index in [0.717, 1.165) is 12.8 Å². The summed E-state index contributed by atoms with van der Waals surface area (Å²) in [4.78, 5) is 29.7. The summed E-state index contributed by atoms with van der Waals surface area (Å²) in [5, 5.41) is 1.54. The van der Waals surface area contributed by atoms with Crippen LogP contribution in [-0.4, -0.2) is 62.8 Å². The van der Waals surface area contributed by atoms with Gasteiger partial charge >= 0.3 is 0 Å². The molecule has 0 bridgehead atoms. The average molecular weight is 543 g/mol. The molecule has 1 saturated heterocycles. The van der Waals surface area contributed by atoms with Crippen LogP contribution in [0.4, 0.5) is 0 Å². The Kier molecular flexibility index (Phi) is 10.0. The smallest absolute Gasteiger partial charge is 0.264 e. The van der Waals surface area contributed by atoms with Crippen molar-refractivity contribution in [3.05, 3.63) is 66.1 Å². The predicted octanol–water partition coefficient (Wildman–Crippen LogP) is 3.87. The summed E-state index contributed by atoms with van der Waals surface area (Å²) in [5.41, 5.74) is 1.83. The van der Waals surface area contributed by atoms with Gasteiger partial charge in [-0.1, -0.05) is 42.5 Å². The van der Waals surface area contributed by atoms with Crippen LogP contribution in [-0.2, 0) is 29.9 Å². The first-order chi connectivity index (χ1) is 18.4. The SMILES string of the molecule is O=C(CCCCNC(=O)C(CCOC1CCOCC1)S(=O)(=O)Cc1ccccc1)c1nc2ccccc2o1. The van der Waals surface area contributed by atoms with Crippen LogP contribution in [0.5, 0.6) is 0 Å². The minimum Gasteiger partial charge on any atom is -0.434 e. The number of fused-ring (bicyclic) bond motifs is 1. The zero-order chi connectivity index (χ0) is 26.8. The topological polar surface area (TPSA) is 125 Å². The number of ketones is 1. The highest BCUT2D eigenvalue weighted by Crippen LogP contribution is 2.18. The largest absolute Gasteiger partial charge is 0.434 e. The molecule has 0 saturated carbocycles. The van der Waals surface area contributed by atoms with Crippen molar-refractivity contribution >= 4 is 32.6 Å². The summed E-state index contributed by atoms with van der Waals surface area (Å²) in [7, 11) is -3.77. The normalized spacial score (nSPS) is 15.4. The molecule has 1 unspecified atom stereocenters. The van der Waals surface area contributed by atoms with Crippen LogP contribution in [0, 0.1) is 0 Å². The van der Waals surface area contributed by atoms with Crippen LogP contribution in [0.2, 0.25) is 0 Å². The molecule has 10 heteroatoms. The molecular formula is C28H34N2O7S. The number of carbonyl (C=O) groups is 2. The number of oxazole rings is 1. The fourth-order valence-electron chi connectivity index (χ4n) is 4.40. The van der Waals surface area contributed by atoms with E-state index in [1.807, 2.05) is 18.2 Å². The van der Waals surface area contributed by atoms with Gasteiger partial charge in [0.2, 0.25) is 11.7 Å². The van der Waals surface area contributed by atoms with E-state index in [9.17, 15) is 18.0 Å². The Morgan fingerprint density at radius 3 is 2.53 bits per heavy atom. The summed E-state index contributed by atoms with van der Waals surface area (Å²) in [6, 6.07) is 16.0. The molecule has 2 heterocycles. The number of carbonyl (C=O) groups excluding carboxylic acids is 2. The molecule has 0 radical (unpaired) electrons. The van der Waals surface area contributed by atoms with Crippen LogP contribution < -0.4 is 5.32 Å². The second-order valence-electron chi connectivity index (χ2n) is 9.41. The van der Waals surface area contributed by atoms with Crippen LogP contribution in [0.25, 0.3) is 11.1 Å². The van der Waals surface area contributed by atoms with Crippen LogP contribution >= 0.6 is 0 Å². The number of unbranched alkanes of at least 4 members (excludes halogenated alkanes) is 1. The third kappa shape index (κ3) is 7.96. The maximum absolute atomic E-state index is 13.2. The summed E-state index contributed by atoms with van der Waals surface area (Å²) in [6.07, 6.45) is 2.86. The van der Waals surface area contributed by atoms with E-state index in [4.69, 9.17) is 13.9 Å². The Labute approximate surface area is 222 Å². The number of rotatable bonds is 14. The highest BCUT2D eigenvalue weighted by atomic mass is 32.2. The summed E-state index contributed by atoms with van der Waals surface area (Å²) in [6.45, 7) is 1.68. The average Bonchev–Trinajstić information content (AvgIpc) is 3.36. The van der Waals surface area contributed by atoms with Crippen molar-refractivity contribution in [1.82, 2.24) is 10.3 Å². The van der Waals surface area contributed by atoms with E-state index in [1.54, 1.807) is 36.4 Å². The Morgan fingerprint density at radius 1 is 1.03 bits per heavy atom. The van der Waals surface area contributed by atoms with Gasteiger partial charge < -0.3 is 19.2 Å². The van der Waals surface area contributed by atoms with Gasteiger partial charge in [-0.2, -0.15) is 0 Å². The number of amides is 1. The lowest BCUT2D eigenvalue weighted by molar-refractivity contribution is -0.121. The fraction of sp³-hybridized carbons (Fsp3) is 0.464. The molecule has 38 heavy (non-hydrogen) atoms. The molecule has 1 fully saturated rings. The van der Waals surface area contributed by atoms with E-state index < -0.39 is 21.0 Å². The Bertz CT molecular complexity index is 1270. The minimum absolute atomic E-state index is 0.0167. The van der Waals surface area contributed by atoms with E-state index in [1.165, 1.54) is 0 Å². The highest BCUT2D eigenvalue weighted by molar-refractivity contribution is 7.92. The van der Waals surface area contributed by atoms with Crippen molar-refractivity contribution < 1.29 is 31.9 Å². The summed E-state index contributed by atoms with van der Waals surface area (Å²) in [5.74, 6) is -0.892. The standard InChI is InChI=1S/C28H34N2O7S/c31-24(28-30-23-10-4-5-12-25(23)37-28)11-6-7-16-29-27(32)26(15-19-36-22-13-17-35-18-14-22)38(33,34)20-21-8-2-1-3-9-21/h1-5,8-10,12,22,26H,6-7,11,13-20H2,(H,29,32). The number of Topliss-reactive ketones (excluding diaryl/α,β-unsaturated/α-hetero) is 1. The molecule has 1 aliphatic rings. The van der Waals surface area contributed by atoms with Gasteiger partial charge in [-0.05, 0) is 49.8 Å². The van der Waals surface area contributed by atoms with E-state index >= 15 is 0 Å². The van der Waals surface area contributed by atoms with Crippen LogP contribution in [0.1, 0.15) is 54.8 Å². The molecule has 204 valence electrons. The lowest BCUT2D eigenvalue weighted by Gasteiger charge is -2.24. The Morgan fingerprint density at radius 2 is 1.76 bits per heavy atom. The molecule has 4 rings (SSSR count). The second kappa shape index (κ2) is 13.6. The van der Waals surface area contributed by atoms with Crippen molar-refractivity contribution in [2.24, 2.45) is 0 Å². The van der Waals surface area contributed by atoms with E-state index in [2.05, 4.69) is 10.3 Å². The van der Waals surface area contributed by atoms with Crippen LogP contribution in [0.3, 0.4) is 0 Å². The Hall–Kier alpha value is -3.08. The summed E-state index contributed by atoms with van der Waals surface area (Å²) < 4.78 is 43.2. The number of benzene rings is 2. The molecule has 0 spiro atoms. The first kappa shape index (κ1) is 27.9. The van der Waals surface area contributed by atoms with Gasteiger partial charge in [0.05, 0.1) is 11.9 Å². The minimum atomic E-state index is -3.77. The summed E-state index contributed by atoms with van der Waals surface area (Å²) >= 11 is 0. The van der Waals surface area contributed by atoms with Gasteiger partial charge in [-0.25, -0.2) is 13.4 Å². The lowest BCUT2D eigenvalue weighted by atomic mass is 10.1. The second-order valence-corrected chi connectivity index (χ2v) is 11.6. The highest BCUT2D eigenvalue weighted by Gasteiger charge is 2.32. The maximum Gasteiger partial charge on any atom is 0.264 e. The van der Waals surface area contributed by atoms with Gasteiger partial charge in [0.1, 0.15) is 10.8 Å².